The maximum Gasteiger partial charge on any atom is 0.133 e. The fraction of sp³-hybridized carbons (Fsp3) is 0.700. The largest absolute Gasteiger partial charge is 0.501 e. The zero-order valence-corrected chi connectivity index (χ0v) is 7.54. The van der Waals surface area contributed by atoms with Crippen LogP contribution in [0.2, 0.25) is 0 Å². The molecule has 2 aliphatic rings. The van der Waals surface area contributed by atoms with Gasteiger partial charge in [-0.2, -0.15) is 0 Å². The quantitative estimate of drug-likeness (QED) is 0.624. The predicted octanol–water partition coefficient (Wildman–Crippen LogP) is 1.76. The van der Waals surface area contributed by atoms with Crippen molar-refractivity contribution >= 4 is 5.78 Å². The number of Topliss-reactive ketones (excluding diaryl/α,β-unsaturated/α-hetero) is 1. The van der Waals surface area contributed by atoms with Crippen molar-refractivity contribution in [3.8, 4) is 0 Å². The molecule has 1 unspecified atom stereocenters. The molecule has 0 N–H and O–H groups in total. The van der Waals surface area contributed by atoms with Gasteiger partial charge < -0.3 is 4.74 Å². The van der Waals surface area contributed by atoms with E-state index in [1.54, 1.807) is 14.0 Å². The molecule has 0 radical (unpaired) electrons. The summed E-state index contributed by atoms with van der Waals surface area (Å²) < 4.78 is 5.17. The van der Waals surface area contributed by atoms with Crippen molar-refractivity contribution in [3.05, 3.63) is 11.8 Å². The van der Waals surface area contributed by atoms with E-state index >= 15 is 0 Å². The van der Waals surface area contributed by atoms with E-state index in [0.29, 0.717) is 23.5 Å². The Morgan fingerprint density at radius 1 is 1.67 bits per heavy atom. The van der Waals surface area contributed by atoms with Crippen molar-refractivity contribution in [2.75, 3.05) is 7.11 Å². The van der Waals surface area contributed by atoms with Gasteiger partial charge in [0.1, 0.15) is 5.78 Å². The van der Waals surface area contributed by atoms with Crippen molar-refractivity contribution in [2.45, 2.75) is 19.8 Å². The summed E-state index contributed by atoms with van der Waals surface area (Å²) in [6.45, 7) is 1.70. The van der Waals surface area contributed by atoms with E-state index in [0.717, 1.165) is 18.6 Å². The molecule has 0 aromatic rings. The topological polar surface area (TPSA) is 26.3 Å². The third-order valence-electron chi connectivity index (χ3n) is 3.06. The van der Waals surface area contributed by atoms with Gasteiger partial charge in [-0.25, -0.2) is 0 Å². The molecule has 3 atom stereocenters. The van der Waals surface area contributed by atoms with Gasteiger partial charge in [0.25, 0.3) is 0 Å². The van der Waals surface area contributed by atoms with Crippen molar-refractivity contribution in [3.63, 3.8) is 0 Å². The summed E-state index contributed by atoms with van der Waals surface area (Å²) in [5, 5.41) is 0. The highest BCUT2D eigenvalue weighted by atomic mass is 16.5. The SMILES string of the molecule is COC1=C[C@@H]2C(C(C)=O)[C@@H]2CC1. The second kappa shape index (κ2) is 2.61. The van der Waals surface area contributed by atoms with E-state index in [1.165, 1.54) is 0 Å². The van der Waals surface area contributed by atoms with Crippen LogP contribution in [0.3, 0.4) is 0 Å². The minimum atomic E-state index is 0.317. The van der Waals surface area contributed by atoms with Crippen LogP contribution in [0.15, 0.2) is 11.8 Å². The van der Waals surface area contributed by atoms with Crippen molar-refractivity contribution in [1.82, 2.24) is 0 Å². The molecule has 66 valence electrons. The highest BCUT2D eigenvalue weighted by Gasteiger charge is 2.52. The first-order valence-electron chi connectivity index (χ1n) is 4.49. The lowest BCUT2D eigenvalue weighted by Gasteiger charge is -2.09. The van der Waals surface area contributed by atoms with E-state index in [9.17, 15) is 4.79 Å². The van der Waals surface area contributed by atoms with Crippen LogP contribution in [0.1, 0.15) is 19.8 Å². The van der Waals surface area contributed by atoms with Gasteiger partial charge in [0.2, 0.25) is 0 Å². The first-order chi connectivity index (χ1) is 5.74. The first kappa shape index (κ1) is 7.84. The highest BCUT2D eigenvalue weighted by Crippen LogP contribution is 2.54. The summed E-state index contributed by atoms with van der Waals surface area (Å²) >= 11 is 0. The number of carbonyl (C=O) groups excluding carboxylic acids is 1. The number of methoxy groups -OCH3 is 1. The van der Waals surface area contributed by atoms with Gasteiger partial charge in [-0.3, -0.25) is 4.79 Å². The van der Waals surface area contributed by atoms with E-state index < -0.39 is 0 Å². The number of allylic oxidation sites excluding steroid dienone is 2. The molecule has 0 spiro atoms. The van der Waals surface area contributed by atoms with Gasteiger partial charge in [0.15, 0.2) is 0 Å². The third-order valence-corrected chi connectivity index (χ3v) is 3.06. The molecule has 1 fully saturated rings. The maximum absolute atomic E-state index is 11.1. The van der Waals surface area contributed by atoms with Crippen LogP contribution in [-0.2, 0) is 9.53 Å². The van der Waals surface area contributed by atoms with Crippen molar-refractivity contribution < 1.29 is 9.53 Å². The number of carbonyl (C=O) groups is 1. The second-order valence-corrected chi connectivity index (χ2v) is 3.75. The summed E-state index contributed by atoms with van der Waals surface area (Å²) in [6, 6.07) is 0. The first-order valence-corrected chi connectivity index (χ1v) is 4.49. The third kappa shape index (κ3) is 1.06. The van der Waals surface area contributed by atoms with E-state index in [4.69, 9.17) is 4.74 Å². The molecule has 2 heteroatoms. The fourth-order valence-corrected chi connectivity index (χ4v) is 2.35. The lowest BCUT2D eigenvalue weighted by molar-refractivity contribution is -0.118. The summed E-state index contributed by atoms with van der Waals surface area (Å²) in [7, 11) is 1.71. The van der Waals surface area contributed by atoms with E-state index in [1.807, 2.05) is 0 Å². The van der Waals surface area contributed by atoms with Gasteiger partial charge >= 0.3 is 0 Å². The highest BCUT2D eigenvalue weighted by molar-refractivity contribution is 5.82. The van der Waals surface area contributed by atoms with Gasteiger partial charge in [-0.15, -0.1) is 0 Å². The fourth-order valence-electron chi connectivity index (χ4n) is 2.35. The average molecular weight is 166 g/mol. The number of hydrogen-bond acceptors (Lipinski definition) is 2. The minimum absolute atomic E-state index is 0.317. The van der Waals surface area contributed by atoms with Crippen LogP contribution in [0.4, 0.5) is 0 Å². The van der Waals surface area contributed by atoms with Crippen molar-refractivity contribution in [2.24, 2.45) is 17.8 Å². The van der Waals surface area contributed by atoms with Crippen LogP contribution < -0.4 is 0 Å². The number of hydrogen-bond donors (Lipinski definition) is 0. The Balaban J connectivity index is 2.07. The molecule has 0 aliphatic heterocycles. The lowest BCUT2D eigenvalue weighted by Crippen LogP contribution is -1.96. The average Bonchev–Trinajstić information content (AvgIpc) is 2.76. The molecule has 0 heterocycles. The smallest absolute Gasteiger partial charge is 0.133 e. The predicted molar refractivity (Wildman–Crippen MR) is 45.5 cm³/mol. The lowest BCUT2D eigenvalue weighted by atomic mass is 10.1. The number of fused-ring (bicyclic) bond motifs is 1. The summed E-state index contributed by atoms with van der Waals surface area (Å²) in [5.74, 6) is 2.88. The Bertz CT molecular complexity index is 242. The molecule has 0 saturated heterocycles. The van der Waals surface area contributed by atoms with Gasteiger partial charge in [0.05, 0.1) is 12.9 Å². The van der Waals surface area contributed by atoms with E-state index in [-0.39, 0.29) is 0 Å². The van der Waals surface area contributed by atoms with Gasteiger partial charge in [0, 0.05) is 12.3 Å². The standard InChI is InChI=1S/C10H14O2/c1-6(11)10-8-4-3-7(12-2)5-9(8)10/h5,8-10H,3-4H2,1-2H3/t8-,9+,10?/m1/s1. The Kier molecular flexibility index (Phi) is 1.71. The van der Waals surface area contributed by atoms with Crippen LogP contribution in [0.5, 0.6) is 0 Å². The molecule has 0 aromatic heterocycles. The molecule has 0 aromatic carbocycles. The summed E-state index contributed by atoms with van der Waals surface area (Å²) in [5.41, 5.74) is 0. The maximum atomic E-state index is 11.1. The normalized spacial score (nSPS) is 38.2. The van der Waals surface area contributed by atoms with Crippen LogP contribution in [0.25, 0.3) is 0 Å². The zero-order valence-electron chi connectivity index (χ0n) is 7.54. The van der Waals surface area contributed by atoms with Crippen LogP contribution in [0, 0.1) is 17.8 Å². The Morgan fingerprint density at radius 3 is 3.00 bits per heavy atom. The number of ether oxygens (including phenoxy) is 1. The Labute approximate surface area is 72.6 Å². The van der Waals surface area contributed by atoms with Crippen LogP contribution in [-0.4, -0.2) is 12.9 Å². The monoisotopic (exact) mass is 166 g/mol. The van der Waals surface area contributed by atoms with Crippen LogP contribution >= 0.6 is 0 Å². The molecule has 0 amide bonds. The summed E-state index contributed by atoms with van der Waals surface area (Å²) in [6.07, 6.45) is 4.29. The second-order valence-electron chi connectivity index (χ2n) is 3.75. The minimum Gasteiger partial charge on any atom is -0.501 e. The molecule has 12 heavy (non-hydrogen) atoms. The molecule has 1 saturated carbocycles. The molecule has 2 aliphatic carbocycles. The molecule has 2 rings (SSSR count). The Morgan fingerprint density at radius 2 is 2.42 bits per heavy atom. The summed E-state index contributed by atoms with van der Waals surface area (Å²) in [4.78, 5) is 11.1. The van der Waals surface area contributed by atoms with Gasteiger partial charge in [-0.1, -0.05) is 0 Å². The number of ketones is 1. The molecular weight excluding hydrogens is 152 g/mol. The Hall–Kier alpha value is -0.790. The zero-order chi connectivity index (χ0) is 8.72. The van der Waals surface area contributed by atoms with E-state index in [2.05, 4.69) is 6.08 Å². The molecule has 0 bridgehead atoms. The molecular formula is C10H14O2. The van der Waals surface area contributed by atoms with Gasteiger partial charge in [-0.05, 0) is 31.3 Å². The molecule has 2 nitrogen and oxygen atoms in total. The number of rotatable bonds is 2. The van der Waals surface area contributed by atoms with Crippen molar-refractivity contribution in [1.29, 1.82) is 0 Å².